The van der Waals surface area contributed by atoms with Crippen LogP contribution in [-0.4, -0.2) is 0 Å². The highest BCUT2D eigenvalue weighted by molar-refractivity contribution is 6.04. The van der Waals surface area contributed by atoms with Gasteiger partial charge in [-0.2, -0.15) is 0 Å². The summed E-state index contributed by atoms with van der Waals surface area (Å²) in [7, 11) is 0. The molecule has 130 valence electrons. The molecule has 3 aromatic rings. The molecule has 0 fully saturated rings. The number of benzene rings is 3. The van der Waals surface area contributed by atoms with Gasteiger partial charge in [0.15, 0.2) is 0 Å². The summed E-state index contributed by atoms with van der Waals surface area (Å²) in [5.74, 6) is 0. The minimum absolute atomic E-state index is 0.191. The maximum Gasteiger partial charge on any atom is 0.0218 e. The highest BCUT2D eigenvalue weighted by Gasteiger charge is 2.43. The Morgan fingerprint density at radius 3 is 2.46 bits per heavy atom. The van der Waals surface area contributed by atoms with Gasteiger partial charge in [-0.05, 0) is 84.5 Å². The Balaban J connectivity index is 1.89. The lowest BCUT2D eigenvalue weighted by Gasteiger charge is -2.33. The first kappa shape index (κ1) is 15.9. The average molecular weight is 338 g/mol. The summed E-state index contributed by atoms with van der Waals surface area (Å²) in [6.45, 7) is 4.52. The van der Waals surface area contributed by atoms with Gasteiger partial charge in [-0.3, -0.25) is 0 Å². The first-order valence-corrected chi connectivity index (χ1v) is 10.00. The smallest absolute Gasteiger partial charge is 0.0218 e. The van der Waals surface area contributed by atoms with Crippen molar-refractivity contribution in [2.75, 3.05) is 0 Å². The van der Waals surface area contributed by atoms with E-state index in [2.05, 4.69) is 74.5 Å². The van der Waals surface area contributed by atoms with Crippen molar-refractivity contribution in [1.29, 1.82) is 0 Å². The maximum atomic E-state index is 2.51. The van der Waals surface area contributed by atoms with Crippen LogP contribution >= 0.6 is 0 Å². The second kappa shape index (κ2) is 5.84. The molecule has 0 bridgehead atoms. The van der Waals surface area contributed by atoms with Gasteiger partial charge >= 0.3 is 0 Å². The molecule has 0 saturated heterocycles. The van der Waals surface area contributed by atoms with Crippen LogP contribution < -0.4 is 0 Å². The van der Waals surface area contributed by atoms with Gasteiger partial charge in [0.1, 0.15) is 0 Å². The molecule has 2 aliphatic carbocycles. The minimum Gasteiger partial charge on any atom is -0.0885 e. The van der Waals surface area contributed by atoms with Crippen LogP contribution in [-0.2, 0) is 5.41 Å². The third kappa shape index (κ3) is 2.14. The highest BCUT2D eigenvalue weighted by Crippen LogP contribution is 2.56. The summed E-state index contributed by atoms with van der Waals surface area (Å²) in [6.07, 6.45) is 10.9. The molecule has 0 heterocycles. The van der Waals surface area contributed by atoms with E-state index in [1.165, 1.54) is 65.1 Å². The predicted molar refractivity (Wildman–Crippen MR) is 112 cm³/mol. The lowest BCUT2D eigenvalue weighted by atomic mass is 9.69. The molecule has 26 heavy (non-hydrogen) atoms. The topological polar surface area (TPSA) is 0 Å². The van der Waals surface area contributed by atoms with Gasteiger partial charge < -0.3 is 0 Å². The van der Waals surface area contributed by atoms with Crippen LogP contribution in [0, 0.1) is 13.8 Å². The SMILES string of the molecule is Cc1ccc2c(c1)C1(CCC=CCCC1)c1cc(C)c3ccccc3c1-2. The normalized spacial score (nSPS) is 21.5. The number of allylic oxidation sites excluding steroid dienone is 2. The number of hydrogen-bond acceptors (Lipinski definition) is 0. The zero-order valence-corrected chi connectivity index (χ0v) is 15.8. The molecule has 0 amide bonds. The highest BCUT2D eigenvalue weighted by atomic mass is 14.5. The lowest BCUT2D eigenvalue weighted by molar-refractivity contribution is 0.430. The summed E-state index contributed by atoms with van der Waals surface area (Å²) in [5.41, 5.74) is 9.15. The molecule has 0 saturated carbocycles. The van der Waals surface area contributed by atoms with Crippen LogP contribution in [0.25, 0.3) is 21.9 Å². The number of rotatable bonds is 0. The zero-order chi connectivity index (χ0) is 17.7. The van der Waals surface area contributed by atoms with Crippen molar-refractivity contribution >= 4 is 10.8 Å². The molecule has 0 N–H and O–H groups in total. The Kier molecular flexibility index (Phi) is 3.57. The summed E-state index contributed by atoms with van der Waals surface area (Å²) in [4.78, 5) is 0. The Morgan fingerprint density at radius 1 is 0.769 bits per heavy atom. The quantitative estimate of drug-likeness (QED) is 0.379. The zero-order valence-electron chi connectivity index (χ0n) is 15.8. The van der Waals surface area contributed by atoms with Gasteiger partial charge in [0.05, 0.1) is 0 Å². The molecule has 1 atom stereocenters. The summed E-state index contributed by atoms with van der Waals surface area (Å²) in [6, 6.07) is 18.6. The van der Waals surface area contributed by atoms with Crippen molar-refractivity contribution in [2.24, 2.45) is 0 Å². The van der Waals surface area contributed by atoms with Crippen LogP contribution in [0.4, 0.5) is 0 Å². The van der Waals surface area contributed by atoms with Crippen LogP contribution in [0.3, 0.4) is 0 Å². The van der Waals surface area contributed by atoms with E-state index in [4.69, 9.17) is 0 Å². The van der Waals surface area contributed by atoms with Gasteiger partial charge in [0, 0.05) is 5.41 Å². The van der Waals surface area contributed by atoms with E-state index in [1.54, 1.807) is 11.1 Å². The lowest BCUT2D eigenvalue weighted by Crippen LogP contribution is -2.26. The van der Waals surface area contributed by atoms with Crippen molar-refractivity contribution in [3.05, 3.63) is 82.9 Å². The Hall–Kier alpha value is -2.34. The fraction of sp³-hybridized carbons (Fsp3) is 0.308. The monoisotopic (exact) mass is 338 g/mol. The Morgan fingerprint density at radius 2 is 1.58 bits per heavy atom. The van der Waals surface area contributed by atoms with Crippen LogP contribution in [0.5, 0.6) is 0 Å². The first-order chi connectivity index (χ1) is 12.7. The van der Waals surface area contributed by atoms with Gasteiger partial charge in [-0.15, -0.1) is 0 Å². The van der Waals surface area contributed by atoms with E-state index in [0.29, 0.717) is 0 Å². The summed E-state index contributed by atoms with van der Waals surface area (Å²) >= 11 is 0. The molecular formula is C26H26. The van der Waals surface area contributed by atoms with E-state index in [9.17, 15) is 0 Å². The molecule has 1 spiro atoms. The van der Waals surface area contributed by atoms with Crippen molar-refractivity contribution in [3.63, 3.8) is 0 Å². The third-order valence-electron chi connectivity index (χ3n) is 6.61. The second-order valence-corrected chi connectivity index (χ2v) is 8.20. The van der Waals surface area contributed by atoms with Crippen molar-refractivity contribution in [2.45, 2.75) is 51.4 Å². The molecule has 0 aromatic heterocycles. The second-order valence-electron chi connectivity index (χ2n) is 8.20. The fourth-order valence-electron chi connectivity index (χ4n) is 5.39. The summed E-state index contributed by atoms with van der Waals surface area (Å²) < 4.78 is 0. The van der Waals surface area contributed by atoms with E-state index in [1.807, 2.05) is 0 Å². The van der Waals surface area contributed by atoms with Crippen molar-refractivity contribution in [1.82, 2.24) is 0 Å². The minimum atomic E-state index is 0.191. The molecule has 0 aliphatic heterocycles. The number of hydrogen-bond donors (Lipinski definition) is 0. The van der Waals surface area contributed by atoms with Crippen LogP contribution in [0.2, 0.25) is 0 Å². The fourth-order valence-corrected chi connectivity index (χ4v) is 5.39. The van der Waals surface area contributed by atoms with Crippen LogP contribution in [0.1, 0.15) is 54.4 Å². The van der Waals surface area contributed by atoms with Gasteiger partial charge in [-0.25, -0.2) is 0 Å². The van der Waals surface area contributed by atoms with Crippen molar-refractivity contribution < 1.29 is 0 Å². The predicted octanol–water partition coefficient (Wildman–Crippen LogP) is 7.24. The van der Waals surface area contributed by atoms with Gasteiger partial charge in [0.2, 0.25) is 0 Å². The van der Waals surface area contributed by atoms with E-state index in [0.717, 1.165) is 0 Å². The van der Waals surface area contributed by atoms with Crippen molar-refractivity contribution in [3.8, 4) is 11.1 Å². The largest absolute Gasteiger partial charge is 0.0885 e. The van der Waals surface area contributed by atoms with Crippen LogP contribution in [0.15, 0.2) is 60.7 Å². The maximum absolute atomic E-state index is 2.51. The molecule has 3 aromatic carbocycles. The molecule has 0 radical (unpaired) electrons. The standard InChI is InChI=1S/C26H26/c1-18-12-13-22-23(16-18)26(14-8-4-3-5-9-15-26)24-17-19(2)20-10-6-7-11-21(20)25(22)24/h3-4,6-7,10-13,16-17H,5,8-9,14-15H2,1-2H3. The first-order valence-electron chi connectivity index (χ1n) is 10.00. The Labute approximate surface area is 156 Å². The molecule has 0 nitrogen and oxygen atoms in total. The third-order valence-corrected chi connectivity index (χ3v) is 6.61. The molecule has 0 heteroatoms. The van der Waals surface area contributed by atoms with E-state index in [-0.39, 0.29) is 5.41 Å². The summed E-state index contributed by atoms with van der Waals surface area (Å²) in [5, 5.41) is 2.84. The van der Waals surface area contributed by atoms with E-state index >= 15 is 0 Å². The number of fused-ring (bicyclic) bond motifs is 7. The number of aryl methyl sites for hydroxylation is 2. The average Bonchev–Trinajstić information content (AvgIpc) is 2.88. The Bertz CT molecular complexity index is 1040. The van der Waals surface area contributed by atoms with Gasteiger partial charge in [0.25, 0.3) is 0 Å². The molecule has 2 aliphatic rings. The van der Waals surface area contributed by atoms with Gasteiger partial charge in [-0.1, -0.05) is 66.2 Å². The van der Waals surface area contributed by atoms with E-state index < -0.39 is 0 Å². The molecule has 5 rings (SSSR count). The molecular weight excluding hydrogens is 312 g/mol. The molecule has 1 unspecified atom stereocenters.